The van der Waals surface area contributed by atoms with Gasteiger partial charge in [-0.25, -0.2) is 13.6 Å². The second-order valence-electron chi connectivity index (χ2n) is 5.27. The molecule has 8 heteroatoms. The van der Waals surface area contributed by atoms with Gasteiger partial charge in [-0.2, -0.15) is 0 Å². The van der Waals surface area contributed by atoms with E-state index in [2.05, 4.69) is 10.6 Å². The lowest BCUT2D eigenvalue weighted by molar-refractivity contribution is 0.0651. The summed E-state index contributed by atoms with van der Waals surface area (Å²) in [5.74, 6) is -0.196. The molecule has 1 heterocycles. The van der Waals surface area contributed by atoms with Crippen molar-refractivity contribution in [2.75, 3.05) is 45.1 Å². The molecule has 1 fully saturated rings. The first-order valence-electron chi connectivity index (χ1n) is 7.38. The SMILES string of the molecule is CNC(=O)c1ccc(NC(=O)N2CCN(CC(F)F)CC2)cc1. The number of carbonyl (C=O) groups is 2. The van der Waals surface area contributed by atoms with Crippen LogP contribution in [0.25, 0.3) is 0 Å². The minimum absolute atomic E-state index is 0.196. The largest absolute Gasteiger partial charge is 0.355 e. The van der Waals surface area contributed by atoms with Crippen molar-refractivity contribution in [1.29, 1.82) is 0 Å². The number of piperazine rings is 1. The normalized spacial score (nSPS) is 15.6. The number of urea groups is 1. The zero-order valence-electron chi connectivity index (χ0n) is 12.9. The Labute approximate surface area is 133 Å². The molecular weight excluding hydrogens is 306 g/mol. The van der Waals surface area contributed by atoms with Crippen molar-refractivity contribution in [3.63, 3.8) is 0 Å². The van der Waals surface area contributed by atoms with Crippen molar-refractivity contribution in [3.8, 4) is 0 Å². The Morgan fingerprint density at radius 2 is 1.74 bits per heavy atom. The van der Waals surface area contributed by atoms with Gasteiger partial charge >= 0.3 is 6.03 Å². The van der Waals surface area contributed by atoms with Gasteiger partial charge in [-0.3, -0.25) is 9.69 Å². The predicted octanol–water partition coefficient (Wildman–Crippen LogP) is 1.46. The Kier molecular flexibility index (Phi) is 5.86. The number of nitrogens with zero attached hydrogens (tertiary/aromatic N) is 2. The molecule has 0 aliphatic carbocycles. The molecule has 0 bridgehead atoms. The molecular formula is C15H20F2N4O2. The van der Waals surface area contributed by atoms with Gasteiger partial charge in [0.05, 0.1) is 6.54 Å². The summed E-state index contributed by atoms with van der Waals surface area (Å²) in [5, 5.41) is 5.26. The third kappa shape index (κ3) is 4.88. The Morgan fingerprint density at radius 3 is 2.26 bits per heavy atom. The highest BCUT2D eigenvalue weighted by molar-refractivity contribution is 5.95. The van der Waals surface area contributed by atoms with Crippen LogP contribution in [-0.2, 0) is 0 Å². The Bertz CT molecular complexity index is 543. The highest BCUT2D eigenvalue weighted by atomic mass is 19.3. The maximum atomic E-state index is 12.3. The van der Waals surface area contributed by atoms with Crippen LogP contribution in [0.4, 0.5) is 19.3 Å². The van der Waals surface area contributed by atoms with Crippen LogP contribution in [0.3, 0.4) is 0 Å². The lowest BCUT2D eigenvalue weighted by Crippen LogP contribution is -2.50. The first kappa shape index (κ1) is 17.1. The molecule has 6 nitrogen and oxygen atoms in total. The molecule has 23 heavy (non-hydrogen) atoms. The first-order chi connectivity index (χ1) is 11.0. The van der Waals surface area contributed by atoms with Gasteiger partial charge in [0.15, 0.2) is 0 Å². The predicted molar refractivity (Wildman–Crippen MR) is 82.9 cm³/mol. The van der Waals surface area contributed by atoms with Crippen LogP contribution in [0.15, 0.2) is 24.3 Å². The van der Waals surface area contributed by atoms with E-state index in [1.54, 1.807) is 41.1 Å². The summed E-state index contributed by atoms with van der Waals surface area (Å²) < 4.78 is 24.6. The first-order valence-corrected chi connectivity index (χ1v) is 7.38. The fourth-order valence-corrected chi connectivity index (χ4v) is 2.38. The summed E-state index contributed by atoms with van der Waals surface area (Å²) >= 11 is 0. The molecule has 2 N–H and O–H groups in total. The van der Waals surface area contributed by atoms with Gasteiger partial charge in [0.1, 0.15) is 0 Å². The van der Waals surface area contributed by atoms with Gasteiger partial charge in [-0.15, -0.1) is 0 Å². The fourth-order valence-electron chi connectivity index (χ4n) is 2.38. The maximum Gasteiger partial charge on any atom is 0.321 e. The molecule has 1 aromatic carbocycles. The number of hydrogen-bond donors (Lipinski definition) is 2. The summed E-state index contributed by atoms with van der Waals surface area (Å²) in [7, 11) is 1.55. The van der Waals surface area contributed by atoms with Crippen molar-refractivity contribution < 1.29 is 18.4 Å². The van der Waals surface area contributed by atoms with Gasteiger partial charge in [0.25, 0.3) is 12.3 Å². The molecule has 126 valence electrons. The highest BCUT2D eigenvalue weighted by Gasteiger charge is 2.22. The number of carbonyl (C=O) groups excluding carboxylic acids is 2. The van der Waals surface area contributed by atoms with E-state index in [9.17, 15) is 18.4 Å². The highest BCUT2D eigenvalue weighted by Crippen LogP contribution is 2.12. The smallest absolute Gasteiger partial charge is 0.321 e. The minimum atomic E-state index is -2.35. The molecule has 0 unspecified atom stereocenters. The van der Waals surface area contributed by atoms with Crippen molar-refractivity contribution >= 4 is 17.6 Å². The van der Waals surface area contributed by atoms with Crippen LogP contribution in [0.5, 0.6) is 0 Å². The van der Waals surface area contributed by atoms with Crippen LogP contribution in [0, 0.1) is 0 Å². The van der Waals surface area contributed by atoms with Crippen LogP contribution in [0.1, 0.15) is 10.4 Å². The summed E-state index contributed by atoms with van der Waals surface area (Å²) in [6.07, 6.45) is -2.35. The van der Waals surface area contributed by atoms with E-state index in [0.717, 1.165) is 0 Å². The molecule has 0 spiro atoms. The van der Waals surface area contributed by atoms with E-state index < -0.39 is 6.43 Å². The second-order valence-corrected chi connectivity index (χ2v) is 5.27. The molecule has 2 rings (SSSR count). The Hall–Kier alpha value is -2.22. The van der Waals surface area contributed by atoms with Gasteiger partial charge in [-0.05, 0) is 24.3 Å². The van der Waals surface area contributed by atoms with E-state index in [1.807, 2.05) is 0 Å². The number of anilines is 1. The number of amides is 3. The molecule has 0 atom stereocenters. The monoisotopic (exact) mass is 326 g/mol. The summed E-state index contributed by atoms with van der Waals surface area (Å²) in [6, 6.07) is 6.27. The number of hydrogen-bond acceptors (Lipinski definition) is 3. The van der Waals surface area contributed by atoms with E-state index >= 15 is 0 Å². The lowest BCUT2D eigenvalue weighted by Gasteiger charge is -2.34. The van der Waals surface area contributed by atoms with Crippen molar-refractivity contribution in [2.45, 2.75) is 6.43 Å². The average molecular weight is 326 g/mol. The summed E-state index contributed by atoms with van der Waals surface area (Å²) in [4.78, 5) is 26.8. The quantitative estimate of drug-likeness (QED) is 0.880. The van der Waals surface area contributed by atoms with E-state index in [-0.39, 0.29) is 18.5 Å². The number of rotatable bonds is 4. The number of halogens is 2. The maximum absolute atomic E-state index is 12.3. The van der Waals surface area contributed by atoms with E-state index in [1.165, 1.54) is 0 Å². The summed E-state index contributed by atoms with van der Waals surface area (Å²) in [6.45, 7) is 1.45. The van der Waals surface area contributed by atoms with E-state index in [0.29, 0.717) is 37.4 Å². The topological polar surface area (TPSA) is 64.7 Å². The zero-order chi connectivity index (χ0) is 16.8. The third-order valence-electron chi connectivity index (χ3n) is 3.68. The van der Waals surface area contributed by atoms with Gasteiger partial charge in [-0.1, -0.05) is 0 Å². The van der Waals surface area contributed by atoms with Crippen LogP contribution >= 0.6 is 0 Å². The Balaban J connectivity index is 1.84. The molecule has 1 aromatic rings. The molecule has 1 aliphatic heterocycles. The zero-order valence-corrected chi connectivity index (χ0v) is 12.9. The molecule has 0 radical (unpaired) electrons. The van der Waals surface area contributed by atoms with Gasteiger partial charge in [0.2, 0.25) is 0 Å². The molecule has 0 aromatic heterocycles. The van der Waals surface area contributed by atoms with Gasteiger partial charge in [0, 0.05) is 44.5 Å². The Morgan fingerprint density at radius 1 is 1.13 bits per heavy atom. The number of nitrogens with one attached hydrogen (secondary N) is 2. The number of benzene rings is 1. The van der Waals surface area contributed by atoms with Gasteiger partial charge < -0.3 is 15.5 Å². The number of alkyl halides is 2. The molecule has 3 amide bonds. The molecule has 1 saturated heterocycles. The van der Waals surface area contributed by atoms with Crippen molar-refractivity contribution in [2.24, 2.45) is 0 Å². The standard InChI is InChI=1S/C15H20F2N4O2/c1-18-14(22)11-2-4-12(5-3-11)19-15(23)21-8-6-20(7-9-21)10-13(16)17/h2-5,13H,6-10H2,1H3,(H,18,22)(H,19,23). The minimum Gasteiger partial charge on any atom is -0.355 e. The average Bonchev–Trinajstić information content (AvgIpc) is 2.55. The van der Waals surface area contributed by atoms with Crippen LogP contribution in [-0.4, -0.2) is 67.9 Å². The fraction of sp³-hybridized carbons (Fsp3) is 0.467. The third-order valence-corrected chi connectivity index (χ3v) is 3.68. The molecule has 0 saturated carbocycles. The lowest BCUT2D eigenvalue weighted by atomic mass is 10.2. The summed E-state index contributed by atoms with van der Waals surface area (Å²) in [5.41, 5.74) is 1.09. The van der Waals surface area contributed by atoms with Crippen LogP contribution < -0.4 is 10.6 Å². The van der Waals surface area contributed by atoms with Crippen LogP contribution in [0.2, 0.25) is 0 Å². The second kappa shape index (κ2) is 7.87. The van der Waals surface area contributed by atoms with Crippen molar-refractivity contribution in [1.82, 2.24) is 15.1 Å². The van der Waals surface area contributed by atoms with Crippen molar-refractivity contribution in [3.05, 3.63) is 29.8 Å². The molecule has 1 aliphatic rings. The van der Waals surface area contributed by atoms with E-state index in [4.69, 9.17) is 0 Å².